The second-order valence-corrected chi connectivity index (χ2v) is 8.25. The molecule has 0 amide bonds. The van der Waals surface area contributed by atoms with Crippen LogP contribution in [0.25, 0.3) is 16.8 Å². The van der Waals surface area contributed by atoms with Gasteiger partial charge in [-0.15, -0.1) is 0 Å². The number of hydrogen-bond donors (Lipinski definition) is 1. The lowest BCUT2D eigenvalue weighted by molar-refractivity contribution is 0.428. The number of benzene rings is 3. The lowest BCUT2D eigenvalue weighted by atomic mass is 9.97. The second kappa shape index (κ2) is 9.28. The van der Waals surface area contributed by atoms with Crippen LogP contribution in [-0.4, -0.2) is 19.1 Å². The number of nitrogens with zero attached hydrogens (tertiary/aromatic N) is 1. The molecule has 0 saturated carbocycles. The molecule has 2 heteroatoms. The molecule has 0 radical (unpaired) electrons. The predicted octanol–water partition coefficient (Wildman–Crippen LogP) is 6.33. The van der Waals surface area contributed by atoms with Crippen molar-refractivity contribution >= 4 is 22.5 Å². The van der Waals surface area contributed by atoms with Crippen molar-refractivity contribution < 1.29 is 0 Å². The number of rotatable bonds is 7. The Bertz CT molecular complexity index is 970. The molecule has 1 heterocycles. The molecule has 3 aromatic carbocycles. The second-order valence-electron chi connectivity index (χ2n) is 8.25. The number of anilines is 1. The fourth-order valence-electron chi connectivity index (χ4n) is 4.65. The maximum absolute atomic E-state index is 3.96. The SMILES string of the molecule is C=Cc1cc(C)cc(N2CCCCC2CCNCc2cccc3ccccc23)c1. The molecule has 1 aliphatic heterocycles. The van der Waals surface area contributed by atoms with E-state index >= 15 is 0 Å². The van der Waals surface area contributed by atoms with Crippen LogP contribution in [0.2, 0.25) is 0 Å². The van der Waals surface area contributed by atoms with Gasteiger partial charge >= 0.3 is 0 Å². The van der Waals surface area contributed by atoms with Crippen molar-refractivity contribution in [3.8, 4) is 0 Å². The van der Waals surface area contributed by atoms with Gasteiger partial charge in [-0.1, -0.05) is 61.2 Å². The first kappa shape index (κ1) is 19.7. The van der Waals surface area contributed by atoms with Crippen LogP contribution in [0.5, 0.6) is 0 Å². The molecule has 0 aliphatic carbocycles. The highest BCUT2D eigenvalue weighted by Gasteiger charge is 2.22. The zero-order chi connectivity index (χ0) is 20.1. The quantitative estimate of drug-likeness (QED) is 0.479. The van der Waals surface area contributed by atoms with Crippen LogP contribution < -0.4 is 10.2 Å². The van der Waals surface area contributed by atoms with Gasteiger partial charge < -0.3 is 10.2 Å². The van der Waals surface area contributed by atoms with Crippen LogP contribution in [0.1, 0.15) is 42.4 Å². The van der Waals surface area contributed by atoms with Crippen LogP contribution in [0.4, 0.5) is 5.69 Å². The number of piperidine rings is 1. The van der Waals surface area contributed by atoms with Crippen LogP contribution in [0.15, 0.2) is 67.2 Å². The van der Waals surface area contributed by atoms with Gasteiger partial charge in [0.2, 0.25) is 0 Å². The third-order valence-electron chi connectivity index (χ3n) is 6.13. The zero-order valence-electron chi connectivity index (χ0n) is 17.5. The summed E-state index contributed by atoms with van der Waals surface area (Å²) in [5, 5.41) is 6.39. The first-order valence-electron chi connectivity index (χ1n) is 10.9. The van der Waals surface area contributed by atoms with E-state index in [0.29, 0.717) is 6.04 Å². The van der Waals surface area contributed by atoms with Gasteiger partial charge in [0.05, 0.1) is 0 Å². The number of hydrogen-bond acceptors (Lipinski definition) is 2. The number of nitrogens with one attached hydrogen (secondary N) is 1. The third-order valence-corrected chi connectivity index (χ3v) is 6.13. The molecular weight excluding hydrogens is 352 g/mol. The summed E-state index contributed by atoms with van der Waals surface area (Å²) >= 11 is 0. The topological polar surface area (TPSA) is 15.3 Å². The molecule has 1 atom stereocenters. The summed E-state index contributed by atoms with van der Waals surface area (Å²) in [6.45, 7) is 9.28. The van der Waals surface area contributed by atoms with Gasteiger partial charge in [-0.25, -0.2) is 0 Å². The Balaban J connectivity index is 1.39. The van der Waals surface area contributed by atoms with Gasteiger partial charge in [-0.3, -0.25) is 0 Å². The first-order valence-corrected chi connectivity index (χ1v) is 10.9. The third kappa shape index (κ3) is 4.71. The summed E-state index contributed by atoms with van der Waals surface area (Å²) in [7, 11) is 0. The van der Waals surface area contributed by atoms with Crippen molar-refractivity contribution in [2.45, 2.75) is 45.2 Å². The molecule has 1 N–H and O–H groups in total. The van der Waals surface area contributed by atoms with Crippen molar-refractivity contribution in [1.29, 1.82) is 0 Å². The van der Waals surface area contributed by atoms with Gasteiger partial charge in [-0.2, -0.15) is 0 Å². The summed E-state index contributed by atoms with van der Waals surface area (Å²) in [6.07, 6.45) is 7.05. The lowest BCUT2D eigenvalue weighted by Gasteiger charge is -2.38. The van der Waals surface area contributed by atoms with Crippen LogP contribution in [0, 0.1) is 6.92 Å². The van der Waals surface area contributed by atoms with Gasteiger partial charge in [0, 0.05) is 24.8 Å². The monoisotopic (exact) mass is 384 g/mol. The first-order chi connectivity index (χ1) is 14.2. The highest BCUT2D eigenvalue weighted by molar-refractivity contribution is 5.85. The van der Waals surface area contributed by atoms with Gasteiger partial charge in [0.1, 0.15) is 0 Å². The van der Waals surface area contributed by atoms with Crippen molar-refractivity contribution in [2.24, 2.45) is 0 Å². The maximum atomic E-state index is 3.96. The molecule has 1 aliphatic rings. The van der Waals surface area contributed by atoms with Crippen LogP contribution >= 0.6 is 0 Å². The summed E-state index contributed by atoms with van der Waals surface area (Å²) < 4.78 is 0. The minimum Gasteiger partial charge on any atom is -0.368 e. The minimum absolute atomic E-state index is 0.614. The molecule has 1 unspecified atom stereocenters. The standard InChI is InChI=1S/C27H32N2/c1-3-22-17-21(2)18-26(19-22)29-16-7-6-12-25(29)14-15-28-20-24-11-8-10-23-9-4-5-13-27(23)24/h3-5,8-11,13,17-19,25,28H,1,6-7,12,14-16,20H2,2H3. The summed E-state index contributed by atoms with van der Waals surface area (Å²) in [5.74, 6) is 0. The highest BCUT2D eigenvalue weighted by Crippen LogP contribution is 2.28. The maximum Gasteiger partial charge on any atom is 0.0377 e. The van der Waals surface area contributed by atoms with E-state index in [-0.39, 0.29) is 0 Å². The largest absolute Gasteiger partial charge is 0.368 e. The molecule has 0 spiro atoms. The Hall–Kier alpha value is -2.58. The molecule has 0 aromatic heterocycles. The van der Waals surface area contributed by atoms with Crippen molar-refractivity contribution in [3.63, 3.8) is 0 Å². The average molecular weight is 385 g/mol. The smallest absolute Gasteiger partial charge is 0.0377 e. The Morgan fingerprint density at radius 1 is 1.07 bits per heavy atom. The molecule has 1 fully saturated rings. The van der Waals surface area contributed by atoms with Gasteiger partial charge in [0.25, 0.3) is 0 Å². The molecule has 29 heavy (non-hydrogen) atoms. The van der Waals surface area contributed by atoms with E-state index in [4.69, 9.17) is 0 Å². The van der Waals surface area contributed by atoms with E-state index in [1.54, 1.807) is 0 Å². The predicted molar refractivity (Wildman–Crippen MR) is 127 cm³/mol. The van der Waals surface area contributed by atoms with Crippen molar-refractivity contribution in [2.75, 3.05) is 18.0 Å². The van der Waals surface area contributed by atoms with Crippen molar-refractivity contribution in [3.05, 3.63) is 83.9 Å². The number of aryl methyl sites for hydroxylation is 1. The number of fused-ring (bicyclic) bond motifs is 1. The van der Waals surface area contributed by atoms with E-state index in [9.17, 15) is 0 Å². The van der Waals surface area contributed by atoms with Crippen LogP contribution in [-0.2, 0) is 6.54 Å². The van der Waals surface area contributed by atoms with E-state index in [1.807, 2.05) is 6.08 Å². The fraction of sp³-hybridized carbons (Fsp3) is 0.333. The normalized spacial score (nSPS) is 16.9. The van der Waals surface area contributed by atoms with Crippen LogP contribution in [0.3, 0.4) is 0 Å². The zero-order valence-corrected chi connectivity index (χ0v) is 17.5. The molecule has 150 valence electrons. The molecule has 2 nitrogen and oxygen atoms in total. The molecule has 0 bridgehead atoms. The van der Waals surface area contributed by atoms with Crippen molar-refractivity contribution in [1.82, 2.24) is 5.32 Å². The Labute approximate surface area is 175 Å². The summed E-state index contributed by atoms with van der Waals surface area (Å²) in [5.41, 5.74) is 5.28. The van der Waals surface area contributed by atoms with E-state index in [0.717, 1.165) is 19.6 Å². The van der Waals surface area contributed by atoms with Gasteiger partial charge in [0.15, 0.2) is 0 Å². The van der Waals surface area contributed by atoms with E-state index in [2.05, 4.69) is 84.4 Å². The highest BCUT2D eigenvalue weighted by atomic mass is 15.2. The molecule has 1 saturated heterocycles. The molecule has 3 aromatic rings. The Morgan fingerprint density at radius 2 is 1.93 bits per heavy atom. The summed E-state index contributed by atoms with van der Waals surface area (Å²) in [6, 6.07) is 22.7. The lowest BCUT2D eigenvalue weighted by Crippen LogP contribution is -2.41. The van der Waals surface area contributed by atoms with E-state index in [1.165, 1.54) is 58.8 Å². The fourth-order valence-corrected chi connectivity index (χ4v) is 4.65. The van der Waals surface area contributed by atoms with Gasteiger partial charge in [-0.05, 0) is 78.7 Å². The molecule has 4 rings (SSSR count). The summed E-state index contributed by atoms with van der Waals surface area (Å²) in [4.78, 5) is 2.63. The Kier molecular flexibility index (Phi) is 6.31. The minimum atomic E-state index is 0.614. The average Bonchev–Trinajstić information content (AvgIpc) is 2.76. The van der Waals surface area contributed by atoms with E-state index < -0.39 is 0 Å². The molecular formula is C27H32N2. The Morgan fingerprint density at radius 3 is 2.83 bits per heavy atom.